The van der Waals surface area contributed by atoms with Crippen LogP contribution in [0.4, 0.5) is 11.4 Å². The van der Waals surface area contributed by atoms with Gasteiger partial charge in [-0.1, -0.05) is 0 Å². The quantitative estimate of drug-likeness (QED) is 0.136. The van der Waals surface area contributed by atoms with Crippen LogP contribution in [-0.4, -0.2) is 88.1 Å². The molecule has 0 aliphatic rings. The standard InChI is InChI=1S/C16H13AsN2O11S2.Na.H/c20-12-7-9(31(25,26)27)5-8-6-13(32(28,29)30)15(16(21)14(8)12)19-18-11-4-2-1-3-10(11)17(22,23)24;;/h1-7,20-21H,(H2,22,23,24)(H,25,26,27)(H,28,29,30);;. The molecule has 0 aliphatic carbocycles. The molecule has 0 fully saturated rings. The van der Waals surface area contributed by atoms with Crippen LogP contribution < -0.4 is 4.35 Å². The molecule has 0 atom stereocenters. The summed E-state index contributed by atoms with van der Waals surface area (Å²) in [7, 11) is -9.93. The van der Waals surface area contributed by atoms with Crippen molar-refractivity contribution in [2.45, 2.75) is 9.79 Å². The van der Waals surface area contributed by atoms with Gasteiger partial charge >= 0.3 is 213 Å². The molecule has 13 nitrogen and oxygen atoms in total. The van der Waals surface area contributed by atoms with Gasteiger partial charge in [-0.3, -0.25) is 0 Å². The van der Waals surface area contributed by atoms with Gasteiger partial charge in [-0.15, -0.1) is 0 Å². The van der Waals surface area contributed by atoms with Gasteiger partial charge in [-0.25, -0.2) is 0 Å². The third kappa shape index (κ3) is 5.83. The number of nitrogens with zero attached hydrogens (tertiary/aromatic N) is 2. The van der Waals surface area contributed by atoms with Gasteiger partial charge in [0.25, 0.3) is 0 Å². The molecule has 0 radical (unpaired) electrons. The van der Waals surface area contributed by atoms with E-state index in [-0.39, 0.29) is 35.2 Å². The van der Waals surface area contributed by atoms with Crippen LogP contribution in [0.5, 0.6) is 11.5 Å². The zero-order valence-corrected chi connectivity index (χ0v) is 18.9. The SMILES string of the molecule is O=S(=O)(O)c1cc(O)c2c(O)c(N=Nc3ccccc3[As](=O)(O)O)c(S(=O)(=O)O)cc2c1.[NaH]. The van der Waals surface area contributed by atoms with Crippen molar-refractivity contribution >= 4 is 90.5 Å². The molecule has 0 spiro atoms. The summed E-state index contributed by atoms with van der Waals surface area (Å²) in [4.78, 5) is -1.88. The molecule has 0 aliphatic heterocycles. The predicted molar refractivity (Wildman–Crippen MR) is 115 cm³/mol. The van der Waals surface area contributed by atoms with Crippen LogP contribution in [0, 0.1) is 0 Å². The first-order valence-electron chi connectivity index (χ1n) is 8.15. The zero-order chi connectivity index (χ0) is 24.1. The van der Waals surface area contributed by atoms with E-state index in [1.54, 1.807) is 0 Å². The Bertz CT molecular complexity index is 1550. The Labute approximate surface area is 211 Å². The van der Waals surface area contributed by atoms with Crippen molar-refractivity contribution < 1.29 is 48.1 Å². The van der Waals surface area contributed by atoms with Gasteiger partial charge in [0.1, 0.15) is 0 Å². The molecule has 33 heavy (non-hydrogen) atoms. The second-order valence-electron chi connectivity index (χ2n) is 6.30. The van der Waals surface area contributed by atoms with Crippen molar-refractivity contribution in [1.82, 2.24) is 0 Å². The van der Waals surface area contributed by atoms with Gasteiger partial charge in [0.05, 0.1) is 0 Å². The van der Waals surface area contributed by atoms with Crippen LogP contribution in [0.2, 0.25) is 0 Å². The molecule has 3 rings (SSSR count). The first-order chi connectivity index (χ1) is 14.6. The fraction of sp³-hybridized carbons (Fsp3) is 0. The summed E-state index contributed by atoms with van der Waals surface area (Å²) in [5.74, 6) is -1.93. The van der Waals surface area contributed by atoms with Gasteiger partial charge in [0.2, 0.25) is 0 Å². The second-order valence-corrected chi connectivity index (χ2v) is 12.4. The molecular weight excluding hydrogens is 558 g/mol. The van der Waals surface area contributed by atoms with Gasteiger partial charge < -0.3 is 0 Å². The van der Waals surface area contributed by atoms with Gasteiger partial charge in [-0.05, 0) is 0 Å². The average molecular weight is 572 g/mol. The topological polar surface area (TPSA) is 231 Å². The molecule has 0 amide bonds. The molecule has 0 bridgehead atoms. The van der Waals surface area contributed by atoms with Crippen molar-refractivity contribution in [1.29, 1.82) is 0 Å². The van der Waals surface area contributed by atoms with Crippen LogP contribution in [0.1, 0.15) is 0 Å². The number of rotatable bonds is 5. The van der Waals surface area contributed by atoms with E-state index in [4.69, 9.17) is 4.55 Å². The van der Waals surface area contributed by atoms with Crippen LogP contribution >= 0.6 is 0 Å². The predicted octanol–water partition coefficient (Wildman–Crippen LogP) is 0.0723. The Kier molecular flexibility index (Phi) is 7.87. The average Bonchev–Trinajstić information content (AvgIpc) is 2.64. The minimum absolute atomic E-state index is 0. The summed E-state index contributed by atoms with van der Waals surface area (Å²) in [5, 5.41) is 26.8. The first kappa shape index (κ1) is 27.5. The van der Waals surface area contributed by atoms with Crippen LogP contribution in [-0.2, 0) is 24.0 Å². The third-order valence-electron chi connectivity index (χ3n) is 4.13. The summed E-state index contributed by atoms with van der Waals surface area (Å²) in [6.07, 6.45) is 0. The number of phenolic OH excluding ortho intramolecular Hbond substituents is 2. The first-order valence-corrected chi connectivity index (χ1v) is 14.4. The molecule has 3 aromatic rings. The summed E-state index contributed by atoms with van der Waals surface area (Å²) in [6, 6.07) is 6.86. The Morgan fingerprint density at radius 1 is 0.848 bits per heavy atom. The molecule has 6 N–H and O–H groups in total. The van der Waals surface area contributed by atoms with E-state index in [9.17, 15) is 43.5 Å². The number of hydrogen-bond acceptors (Lipinski definition) is 9. The summed E-state index contributed by atoms with van der Waals surface area (Å²) in [6.45, 7) is 0. The number of aromatic hydroxyl groups is 2. The fourth-order valence-electron chi connectivity index (χ4n) is 2.78. The van der Waals surface area contributed by atoms with E-state index >= 15 is 0 Å². The van der Waals surface area contributed by atoms with E-state index in [2.05, 4.69) is 10.2 Å². The summed E-state index contributed by atoms with van der Waals surface area (Å²) in [5.41, 5.74) is -1.26. The van der Waals surface area contributed by atoms with E-state index in [0.717, 1.165) is 18.2 Å². The van der Waals surface area contributed by atoms with E-state index < -0.39 is 76.5 Å². The molecule has 172 valence electrons. The number of benzene rings is 3. The molecule has 0 aromatic heterocycles. The van der Waals surface area contributed by atoms with Crippen molar-refractivity contribution in [3.8, 4) is 11.5 Å². The Hall–Kier alpha value is -1.78. The van der Waals surface area contributed by atoms with Crippen LogP contribution in [0.15, 0.2) is 62.5 Å². The van der Waals surface area contributed by atoms with Crippen molar-refractivity contribution in [3.05, 3.63) is 42.5 Å². The van der Waals surface area contributed by atoms with Crippen molar-refractivity contribution in [3.63, 3.8) is 0 Å². The number of phenols is 2. The number of azo groups is 1. The summed E-state index contributed by atoms with van der Waals surface area (Å²) >= 11 is -5.47. The Morgan fingerprint density at radius 3 is 2.00 bits per heavy atom. The maximum absolute atomic E-state index is 11.8. The van der Waals surface area contributed by atoms with Crippen LogP contribution in [0.25, 0.3) is 10.8 Å². The maximum atomic E-state index is 11.8. The third-order valence-corrected chi connectivity index (χ3v) is 7.94. The Morgan fingerprint density at radius 2 is 1.45 bits per heavy atom. The monoisotopic (exact) mass is 572 g/mol. The molecule has 0 saturated carbocycles. The van der Waals surface area contributed by atoms with E-state index in [1.165, 1.54) is 12.1 Å². The molecule has 0 heterocycles. The van der Waals surface area contributed by atoms with E-state index in [1.807, 2.05) is 0 Å². The minimum atomic E-state index is -5.47. The normalized spacial score (nSPS) is 12.7. The zero-order valence-electron chi connectivity index (χ0n) is 15.4. The Balaban J connectivity index is 0.00000385. The van der Waals surface area contributed by atoms with Gasteiger partial charge in [0.15, 0.2) is 0 Å². The second kappa shape index (κ2) is 9.46. The van der Waals surface area contributed by atoms with Gasteiger partial charge in [0, 0.05) is 0 Å². The summed E-state index contributed by atoms with van der Waals surface area (Å²) < 4.78 is 95.2. The molecular formula is C16H14AsN2NaO11S2. The van der Waals surface area contributed by atoms with Crippen molar-refractivity contribution in [2.75, 3.05) is 0 Å². The van der Waals surface area contributed by atoms with Crippen LogP contribution in [0.3, 0.4) is 0 Å². The number of fused-ring (bicyclic) bond motifs is 1. The van der Waals surface area contributed by atoms with Gasteiger partial charge in [-0.2, -0.15) is 0 Å². The van der Waals surface area contributed by atoms with Crippen molar-refractivity contribution in [2.24, 2.45) is 10.2 Å². The molecule has 0 saturated heterocycles. The molecule has 0 unspecified atom stereocenters. The fourth-order valence-corrected chi connectivity index (χ4v) is 5.44. The molecule has 3 aromatic carbocycles. The molecule has 17 heteroatoms. The number of hydrogen-bond donors (Lipinski definition) is 6. The van der Waals surface area contributed by atoms with E-state index in [0.29, 0.717) is 12.1 Å².